The molecule has 0 saturated carbocycles. The molecular weight excluding hydrogens is 342 g/mol. The Morgan fingerprint density at radius 1 is 1.40 bits per heavy atom. The molecule has 20 heavy (non-hydrogen) atoms. The first-order valence-corrected chi connectivity index (χ1v) is 9.23. The van der Waals surface area contributed by atoms with E-state index in [4.69, 9.17) is 0 Å². The van der Waals surface area contributed by atoms with E-state index in [1.807, 2.05) is 25.1 Å². The predicted molar refractivity (Wildman–Crippen MR) is 83.5 cm³/mol. The lowest BCUT2D eigenvalue weighted by Gasteiger charge is -2.09. The third-order valence-electron chi connectivity index (χ3n) is 3.43. The van der Waals surface area contributed by atoms with Gasteiger partial charge in [-0.2, -0.15) is 0 Å². The van der Waals surface area contributed by atoms with Crippen molar-refractivity contribution >= 4 is 37.4 Å². The number of benzene rings is 1. The van der Waals surface area contributed by atoms with Gasteiger partial charge in [-0.05, 0) is 49.4 Å². The van der Waals surface area contributed by atoms with Gasteiger partial charge in [-0.15, -0.1) is 0 Å². The first kappa shape index (κ1) is 15.5. The third kappa shape index (κ3) is 4.59. The number of carbonyl (C=O) groups excluding carboxylic acids is 1. The molecule has 0 bridgehead atoms. The average molecular weight is 360 g/mol. The van der Waals surface area contributed by atoms with Gasteiger partial charge >= 0.3 is 0 Å². The molecule has 0 spiro atoms. The number of nitrogens with one attached hydrogen (secondary N) is 1. The Hall–Kier alpha value is -0.880. The summed E-state index contributed by atoms with van der Waals surface area (Å²) in [7, 11) is -2.85. The fraction of sp³-hybridized carbons (Fsp3) is 0.500. The second-order valence-electron chi connectivity index (χ2n) is 5.37. The number of rotatable bonds is 4. The molecule has 110 valence electrons. The molecule has 1 amide bonds. The maximum absolute atomic E-state index is 11.9. The molecule has 0 aliphatic carbocycles. The van der Waals surface area contributed by atoms with Gasteiger partial charge in [0.2, 0.25) is 5.91 Å². The summed E-state index contributed by atoms with van der Waals surface area (Å²) in [6, 6.07) is 5.73. The van der Waals surface area contributed by atoms with E-state index in [0.29, 0.717) is 19.3 Å². The highest BCUT2D eigenvalue weighted by atomic mass is 79.9. The first-order valence-electron chi connectivity index (χ1n) is 6.61. The van der Waals surface area contributed by atoms with Crippen molar-refractivity contribution < 1.29 is 13.2 Å². The fourth-order valence-corrected chi connectivity index (χ4v) is 4.99. The number of hydrogen-bond donors (Lipinski definition) is 1. The van der Waals surface area contributed by atoms with Gasteiger partial charge in [-0.25, -0.2) is 8.42 Å². The first-order chi connectivity index (χ1) is 9.34. The molecule has 4 nitrogen and oxygen atoms in total. The minimum absolute atomic E-state index is 0.0632. The van der Waals surface area contributed by atoms with E-state index in [0.717, 1.165) is 15.7 Å². The van der Waals surface area contributed by atoms with Crippen LogP contribution in [0.2, 0.25) is 0 Å². The molecule has 1 saturated heterocycles. The van der Waals surface area contributed by atoms with Crippen molar-refractivity contribution in [2.75, 3.05) is 16.8 Å². The minimum Gasteiger partial charge on any atom is -0.326 e. The SMILES string of the molecule is Cc1cc(Br)cc(NC(=O)CCC2CCS(=O)(=O)C2)c1. The average Bonchev–Trinajstić information content (AvgIpc) is 2.65. The van der Waals surface area contributed by atoms with Crippen molar-refractivity contribution in [3.8, 4) is 0 Å². The predicted octanol–water partition coefficient (Wildman–Crippen LogP) is 2.91. The van der Waals surface area contributed by atoms with E-state index in [9.17, 15) is 13.2 Å². The Labute approximate surface area is 128 Å². The lowest BCUT2D eigenvalue weighted by atomic mass is 10.0. The van der Waals surface area contributed by atoms with E-state index in [1.165, 1.54) is 0 Å². The summed E-state index contributed by atoms with van der Waals surface area (Å²) in [5.41, 5.74) is 1.83. The van der Waals surface area contributed by atoms with E-state index in [2.05, 4.69) is 21.2 Å². The largest absolute Gasteiger partial charge is 0.326 e. The van der Waals surface area contributed by atoms with Crippen molar-refractivity contribution in [3.05, 3.63) is 28.2 Å². The van der Waals surface area contributed by atoms with Gasteiger partial charge in [0.15, 0.2) is 9.84 Å². The molecule has 1 fully saturated rings. The van der Waals surface area contributed by atoms with Crippen LogP contribution in [0.15, 0.2) is 22.7 Å². The van der Waals surface area contributed by atoms with Gasteiger partial charge in [-0.1, -0.05) is 15.9 Å². The van der Waals surface area contributed by atoms with Gasteiger partial charge in [0.05, 0.1) is 11.5 Å². The van der Waals surface area contributed by atoms with Gasteiger partial charge in [0.25, 0.3) is 0 Å². The summed E-state index contributed by atoms with van der Waals surface area (Å²) in [5.74, 6) is 0.571. The zero-order valence-corrected chi connectivity index (χ0v) is 13.8. The normalized spacial score (nSPS) is 20.8. The van der Waals surface area contributed by atoms with Crippen LogP contribution in [0.1, 0.15) is 24.8 Å². The summed E-state index contributed by atoms with van der Waals surface area (Å²) in [6.07, 6.45) is 1.69. The minimum atomic E-state index is -2.85. The molecule has 1 aliphatic rings. The zero-order valence-electron chi connectivity index (χ0n) is 11.4. The molecule has 1 aromatic rings. The second kappa shape index (κ2) is 6.26. The summed E-state index contributed by atoms with van der Waals surface area (Å²) in [6.45, 7) is 1.96. The summed E-state index contributed by atoms with van der Waals surface area (Å²) >= 11 is 3.39. The summed E-state index contributed by atoms with van der Waals surface area (Å²) in [5, 5.41) is 2.85. The number of sulfone groups is 1. The Kier molecular flexibility index (Phi) is 4.86. The van der Waals surface area contributed by atoms with Crippen LogP contribution >= 0.6 is 15.9 Å². The summed E-state index contributed by atoms with van der Waals surface area (Å²) in [4.78, 5) is 11.9. The molecule has 1 aliphatic heterocycles. The van der Waals surface area contributed by atoms with E-state index < -0.39 is 9.84 Å². The van der Waals surface area contributed by atoms with Crippen molar-refractivity contribution in [2.24, 2.45) is 5.92 Å². The molecular formula is C14H18BrNO3S. The maximum Gasteiger partial charge on any atom is 0.224 e. The second-order valence-corrected chi connectivity index (χ2v) is 8.52. The Morgan fingerprint density at radius 3 is 2.75 bits per heavy atom. The van der Waals surface area contributed by atoms with Gasteiger partial charge in [0, 0.05) is 16.6 Å². The quantitative estimate of drug-likeness (QED) is 0.898. The van der Waals surface area contributed by atoms with E-state index >= 15 is 0 Å². The smallest absolute Gasteiger partial charge is 0.224 e. The van der Waals surface area contributed by atoms with Gasteiger partial charge in [0.1, 0.15) is 0 Å². The van der Waals surface area contributed by atoms with Crippen LogP contribution in [0.5, 0.6) is 0 Å². The number of aryl methyl sites for hydroxylation is 1. The molecule has 1 N–H and O–H groups in total. The van der Waals surface area contributed by atoms with E-state index in [-0.39, 0.29) is 23.3 Å². The Balaban J connectivity index is 1.84. The van der Waals surface area contributed by atoms with E-state index in [1.54, 1.807) is 0 Å². The lowest BCUT2D eigenvalue weighted by Crippen LogP contribution is -2.14. The molecule has 0 radical (unpaired) electrons. The van der Waals surface area contributed by atoms with Crippen LogP contribution in [0.4, 0.5) is 5.69 Å². The topological polar surface area (TPSA) is 63.2 Å². The molecule has 1 atom stereocenters. The third-order valence-corrected chi connectivity index (χ3v) is 5.73. The van der Waals surface area contributed by atoms with Crippen molar-refractivity contribution in [1.82, 2.24) is 0 Å². The van der Waals surface area contributed by atoms with Crippen LogP contribution in [-0.2, 0) is 14.6 Å². The molecule has 1 aromatic carbocycles. The highest BCUT2D eigenvalue weighted by Crippen LogP contribution is 2.23. The summed E-state index contributed by atoms with van der Waals surface area (Å²) < 4.78 is 23.6. The number of halogens is 1. The van der Waals surface area contributed by atoms with Crippen molar-refractivity contribution in [1.29, 1.82) is 0 Å². The lowest BCUT2D eigenvalue weighted by molar-refractivity contribution is -0.116. The fourth-order valence-electron chi connectivity index (χ4n) is 2.47. The van der Waals surface area contributed by atoms with Crippen molar-refractivity contribution in [3.63, 3.8) is 0 Å². The highest BCUT2D eigenvalue weighted by Gasteiger charge is 2.27. The monoisotopic (exact) mass is 359 g/mol. The number of anilines is 1. The standard InChI is InChI=1S/C14H18BrNO3S/c1-10-6-12(15)8-13(7-10)16-14(17)3-2-11-4-5-20(18,19)9-11/h6-8,11H,2-5,9H2,1H3,(H,16,17). The number of hydrogen-bond acceptors (Lipinski definition) is 3. The van der Waals surface area contributed by atoms with Crippen LogP contribution in [0.25, 0.3) is 0 Å². The van der Waals surface area contributed by atoms with Crippen LogP contribution < -0.4 is 5.32 Å². The molecule has 0 aromatic heterocycles. The zero-order chi connectivity index (χ0) is 14.8. The number of carbonyl (C=O) groups is 1. The molecule has 2 rings (SSSR count). The number of amides is 1. The molecule has 1 unspecified atom stereocenters. The van der Waals surface area contributed by atoms with Gasteiger partial charge < -0.3 is 5.32 Å². The van der Waals surface area contributed by atoms with Crippen LogP contribution in [-0.4, -0.2) is 25.8 Å². The van der Waals surface area contributed by atoms with Gasteiger partial charge in [-0.3, -0.25) is 4.79 Å². The Bertz CT molecular complexity index is 593. The molecule has 1 heterocycles. The van der Waals surface area contributed by atoms with Crippen molar-refractivity contribution in [2.45, 2.75) is 26.2 Å². The highest BCUT2D eigenvalue weighted by molar-refractivity contribution is 9.10. The Morgan fingerprint density at radius 2 is 2.15 bits per heavy atom. The molecule has 6 heteroatoms. The maximum atomic E-state index is 11.9. The van der Waals surface area contributed by atoms with Crippen LogP contribution in [0, 0.1) is 12.8 Å². The van der Waals surface area contributed by atoms with Crippen LogP contribution in [0.3, 0.4) is 0 Å².